The van der Waals surface area contributed by atoms with Crippen LogP contribution < -0.4 is 5.56 Å². The molecule has 4 rings (SSSR count). The summed E-state index contributed by atoms with van der Waals surface area (Å²) in [5.41, 5.74) is 1.08. The van der Waals surface area contributed by atoms with Gasteiger partial charge in [-0.1, -0.05) is 11.3 Å². The maximum absolute atomic E-state index is 12.8. The summed E-state index contributed by atoms with van der Waals surface area (Å²) in [7, 11) is 0. The molecule has 7 nitrogen and oxygen atoms in total. The second kappa shape index (κ2) is 7.18. The van der Waals surface area contributed by atoms with Crippen molar-refractivity contribution in [2.75, 3.05) is 6.61 Å². The zero-order valence-electron chi connectivity index (χ0n) is 15.4. The fourth-order valence-corrected chi connectivity index (χ4v) is 3.11. The van der Waals surface area contributed by atoms with Gasteiger partial charge in [0.1, 0.15) is 11.3 Å². The van der Waals surface area contributed by atoms with Crippen molar-refractivity contribution >= 4 is 10.9 Å². The number of halogens is 3. The van der Waals surface area contributed by atoms with Gasteiger partial charge in [0.05, 0.1) is 25.0 Å². The van der Waals surface area contributed by atoms with E-state index in [2.05, 4.69) is 20.3 Å². The molecular formula is C19H18F3N5O2. The van der Waals surface area contributed by atoms with Crippen molar-refractivity contribution in [3.05, 3.63) is 46.8 Å². The number of fused-ring (bicyclic) bond motifs is 1. The van der Waals surface area contributed by atoms with Gasteiger partial charge in [-0.15, -0.1) is 5.10 Å². The van der Waals surface area contributed by atoms with Crippen LogP contribution in [-0.4, -0.2) is 42.9 Å². The van der Waals surface area contributed by atoms with Crippen molar-refractivity contribution in [2.24, 2.45) is 5.41 Å². The number of rotatable bonds is 6. The summed E-state index contributed by atoms with van der Waals surface area (Å²) < 4.78 is 38.2. The first-order valence-electron chi connectivity index (χ1n) is 9.15. The van der Waals surface area contributed by atoms with Crippen molar-refractivity contribution in [3.8, 4) is 11.1 Å². The van der Waals surface area contributed by atoms with Gasteiger partial charge in [-0.05, 0) is 30.5 Å². The molecule has 152 valence electrons. The van der Waals surface area contributed by atoms with Crippen LogP contribution in [0.25, 0.3) is 22.0 Å². The molecule has 0 amide bonds. The van der Waals surface area contributed by atoms with E-state index >= 15 is 0 Å². The van der Waals surface area contributed by atoms with Crippen LogP contribution in [0, 0.1) is 5.41 Å². The predicted molar refractivity (Wildman–Crippen MR) is 98.0 cm³/mol. The van der Waals surface area contributed by atoms with Crippen LogP contribution in [0.3, 0.4) is 0 Å². The number of aromatic nitrogens is 5. The molecule has 2 aromatic heterocycles. The summed E-state index contributed by atoms with van der Waals surface area (Å²) in [6.45, 7) is 0.309. The normalized spacial score (nSPS) is 15.6. The molecule has 1 aliphatic carbocycles. The van der Waals surface area contributed by atoms with Gasteiger partial charge in [-0.25, -0.2) is 14.6 Å². The van der Waals surface area contributed by atoms with Crippen molar-refractivity contribution in [1.29, 1.82) is 0 Å². The molecule has 0 unspecified atom stereocenters. The molecule has 10 heteroatoms. The second-order valence-electron chi connectivity index (χ2n) is 7.45. The first kappa shape index (κ1) is 19.4. The lowest BCUT2D eigenvalue weighted by Crippen LogP contribution is -2.29. The molecule has 1 fully saturated rings. The minimum Gasteiger partial charge on any atom is -0.396 e. The van der Waals surface area contributed by atoms with Gasteiger partial charge in [0.15, 0.2) is 0 Å². The Balaban J connectivity index is 1.61. The van der Waals surface area contributed by atoms with Crippen LogP contribution >= 0.6 is 0 Å². The summed E-state index contributed by atoms with van der Waals surface area (Å²) in [6.07, 6.45) is -0.946. The first-order chi connectivity index (χ1) is 13.8. The monoisotopic (exact) mass is 405 g/mol. The molecule has 0 saturated heterocycles. The number of nitrogens with zero attached hydrogens (tertiary/aromatic N) is 5. The Morgan fingerprint density at radius 2 is 1.86 bits per heavy atom. The third-order valence-corrected chi connectivity index (χ3v) is 5.17. The molecule has 0 bridgehead atoms. The number of aryl methyl sites for hydroxylation is 1. The number of hydrogen-bond acceptors (Lipinski definition) is 6. The van der Waals surface area contributed by atoms with Gasteiger partial charge in [-0.2, -0.15) is 13.2 Å². The Hall–Kier alpha value is -2.88. The number of hydrogen-bond donors (Lipinski definition) is 1. The van der Waals surface area contributed by atoms with E-state index in [1.165, 1.54) is 17.1 Å². The minimum absolute atomic E-state index is 0.00275. The maximum atomic E-state index is 12.8. The maximum Gasteiger partial charge on any atom is 0.389 e. The van der Waals surface area contributed by atoms with Gasteiger partial charge >= 0.3 is 6.18 Å². The number of aliphatic hydroxyl groups excluding tert-OH is 1. The summed E-state index contributed by atoms with van der Waals surface area (Å²) in [5.74, 6) is 0.110. The van der Waals surface area contributed by atoms with Crippen molar-refractivity contribution in [3.63, 3.8) is 0 Å². The van der Waals surface area contributed by atoms with Gasteiger partial charge in [0.25, 0.3) is 5.56 Å². The largest absolute Gasteiger partial charge is 0.396 e. The zero-order valence-corrected chi connectivity index (χ0v) is 15.4. The van der Waals surface area contributed by atoms with Gasteiger partial charge in [0, 0.05) is 29.8 Å². The van der Waals surface area contributed by atoms with Crippen LogP contribution in [0.2, 0.25) is 0 Å². The lowest BCUT2D eigenvalue weighted by atomic mass is 10.1. The minimum atomic E-state index is -4.25. The van der Waals surface area contributed by atoms with E-state index in [4.69, 9.17) is 0 Å². The van der Waals surface area contributed by atoms with E-state index in [9.17, 15) is 23.1 Å². The molecule has 0 aliphatic heterocycles. The van der Waals surface area contributed by atoms with E-state index in [1.807, 2.05) is 0 Å². The first-order valence-corrected chi connectivity index (χ1v) is 9.15. The molecule has 1 aromatic carbocycles. The summed E-state index contributed by atoms with van der Waals surface area (Å²) in [5, 5.41) is 17.9. The fraction of sp³-hybridized carbons (Fsp3) is 0.421. The van der Waals surface area contributed by atoms with E-state index in [0.717, 1.165) is 12.8 Å². The van der Waals surface area contributed by atoms with E-state index in [1.54, 1.807) is 18.2 Å². The Bertz CT molecular complexity index is 1090. The quantitative estimate of drug-likeness (QED) is 0.677. The molecule has 0 atom stereocenters. The van der Waals surface area contributed by atoms with Crippen LogP contribution in [0.1, 0.15) is 25.1 Å². The smallest absolute Gasteiger partial charge is 0.389 e. The van der Waals surface area contributed by atoms with Crippen LogP contribution in [-0.2, 0) is 13.0 Å². The van der Waals surface area contributed by atoms with Crippen LogP contribution in [0.15, 0.2) is 35.4 Å². The third kappa shape index (κ3) is 4.26. The van der Waals surface area contributed by atoms with E-state index < -0.39 is 12.6 Å². The molecule has 0 spiro atoms. The molecule has 1 N–H and O–H groups in total. The van der Waals surface area contributed by atoms with Gasteiger partial charge < -0.3 is 5.11 Å². The van der Waals surface area contributed by atoms with Gasteiger partial charge in [-0.3, -0.25) is 4.79 Å². The highest BCUT2D eigenvalue weighted by Gasteiger charge is 2.43. The summed E-state index contributed by atoms with van der Waals surface area (Å²) in [6, 6.07) is 5.03. The average Bonchev–Trinajstić information content (AvgIpc) is 3.48. The van der Waals surface area contributed by atoms with Crippen molar-refractivity contribution in [1.82, 2.24) is 25.0 Å². The number of alkyl halides is 3. The van der Waals surface area contributed by atoms with Crippen LogP contribution in [0.5, 0.6) is 0 Å². The zero-order chi connectivity index (χ0) is 20.6. The fourth-order valence-electron chi connectivity index (χ4n) is 3.11. The summed E-state index contributed by atoms with van der Waals surface area (Å²) >= 11 is 0. The van der Waals surface area contributed by atoms with E-state index in [-0.39, 0.29) is 29.8 Å². The Morgan fingerprint density at radius 3 is 2.48 bits per heavy atom. The highest BCUT2D eigenvalue weighted by molar-refractivity contribution is 5.83. The Morgan fingerprint density at radius 1 is 1.14 bits per heavy atom. The lowest BCUT2D eigenvalue weighted by Gasteiger charge is -2.12. The molecule has 1 aliphatic rings. The lowest BCUT2D eigenvalue weighted by molar-refractivity contribution is -0.134. The number of aliphatic hydroxyl groups is 1. The second-order valence-corrected chi connectivity index (χ2v) is 7.45. The Kier molecular flexibility index (Phi) is 4.81. The predicted octanol–water partition coefficient (Wildman–Crippen LogP) is 2.52. The standard InChI is InChI=1S/C19H18F3N5O2/c20-19(21,22)4-3-16-23-8-13(9-24-16)12-1-2-15-14(7-12)17(29)27(26-25-15)10-18(11-28)5-6-18/h1-2,7-9,28H,3-6,10-11H2. The molecule has 29 heavy (non-hydrogen) atoms. The van der Waals surface area contributed by atoms with E-state index in [0.29, 0.717) is 28.6 Å². The molecule has 1 saturated carbocycles. The third-order valence-electron chi connectivity index (χ3n) is 5.17. The average molecular weight is 405 g/mol. The molecule has 2 heterocycles. The highest BCUT2D eigenvalue weighted by Crippen LogP contribution is 2.46. The topological polar surface area (TPSA) is 93.8 Å². The van der Waals surface area contributed by atoms with Crippen LogP contribution in [0.4, 0.5) is 13.2 Å². The Labute approximate surface area is 163 Å². The van der Waals surface area contributed by atoms with Crippen molar-refractivity contribution in [2.45, 2.75) is 38.4 Å². The molecule has 0 radical (unpaired) electrons. The molecular weight excluding hydrogens is 387 g/mol. The SMILES string of the molecule is O=c1c2cc(-c3cnc(CCC(F)(F)F)nc3)ccc2nnn1CC1(CO)CC1. The van der Waals surface area contributed by atoms with Crippen molar-refractivity contribution < 1.29 is 18.3 Å². The molecule has 3 aromatic rings. The number of benzene rings is 1. The summed E-state index contributed by atoms with van der Waals surface area (Å²) in [4.78, 5) is 20.8. The highest BCUT2D eigenvalue weighted by atomic mass is 19.4. The van der Waals surface area contributed by atoms with Gasteiger partial charge in [0.2, 0.25) is 0 Å².